The van der Waals surface area contributed by atoms with Gasteiger partial charge in [0.25, 0.3) is 5.91 Å². The van der Waals surface area contributed by atoms with Crippen LogP contribution in [0.15, 0.2) is 29.2 Å². The number of rotatable bonds is 6. The number of piperidine rings is 1. The van der Waals surface area contributed by atoms with Gasteiger partial charge in [-0.05, 0) is 62.3 Å². The first kappa shape index (κ1) is 21.6. The summed E-state index contributed by atoms with van der Waals surface area (Å²) in [4.78, 5) is 14.6. The molecule has 0 aliphatic carbocycles. The lowest BCUT2D eigenvalue weighted by Crippen LogP contribution is -2.46. The molecule has 0 bridgehead atoms. The van der Waals surface area contributed by atoms with E-state index in [1.807, 2.05) is 6.92 Å². The summed E-state index contributed by atoms with van der Waals surface area (Å²) < 4.78 is 27.0. The number of carbonyl (C=O) groups excluding carboxylic acids is 1. The van der Waals surface area contributed by atoms with Gasteiger partial charge in [0.05, 0.1) is 4.90 Å². The maximum absolute atomic E-state index is 12.9. The molecule has 0 spiro atoms. The fraction of sp³-hybridized carbons (Fsp3) is 0.600. The maximum Gasteiger partial charge on any atom is 0.254 e. The van der Waals surface area contributed by atoms with Gasteiger partial charge in [-0.2, -0.15) is 4.31 Å². The zero-order valence-electron chi connectivity index (χ0n) is 17.2. The van der Waals surface area contributed by atoms with Gasteiger partial charge in [0.1, 0.15) is 11.3 Å². The Hall–Kier alpha value is -2.13. The van der Waals surface area contributed by atoms with Crippen molar-refractivity contribution >= 4 is 21.9 Å². The number of phenols is 1. The highest BCUT2D eigenvalue weighted by atomic mass is 32.2. The summed E-state index contributed by atoms with van der Waals surface area (Å²) in [6.07, 6.45) is 1.93. The van der Waals surface area contributed by atoms with Gasteiger partial charge >= 0.3 is 0 Å². The largest absolute Gasteiger partial charge is 0.508 e. The second kappa shape index (κ2) is 7.95. The predicted octanol–water partition coefficient (Wildman–Crippen LogP) is 1.96. The summed E-state index contributed by atoms with van der Waals surface area (Å²) in [5.74, 6) is 0.567. The zero-order valence-corrected chi connectivity index (χ0v) is 18.0. The van der Waals surface area contributed by atoms with Gasteiger partial charge in [-0.1, -0.05) is 13.8 Å². The van der Waals surface area contributed by atoms with Crippen LogP contribution in [-0.4, -0.2) is 59.8 Å². The molecule has 2 saturated heterocycles. The Kier molecular flexibility index (Phi) is 5.91. The molecule has 3 rings (SSSR count). The summed E-state index contributed by atoms with van der Waals surface area (Å²) in [7, 11) is -3.60. The molecule has 1 aromatic rings. The summed E-state index contributed by atoms with van der Waals surface area (Å²) in [5.41, 5.74) is -0.742. The van der Waals surface area contributed by atoms with Gasteiger partial charge < -0.3 is 10.4 Å². The second-order valence-electron chi connectivity index (χ2n) is 8.66. The predicted molar refractivity (Wildman–Crippen MR) is 110 cm³/mol. The van der Waals surface area contributed by atoms with Gasteiger partial charge in [0, 0.05) is 19.6 Å². The molecule has 1 atom stereocenters. The minimum absolute atomic E-state index is 0.0264. The van der Waals surface area contributed by atoms with Crippen LogP contribution in [0.3, 0.4) is 0 Å². The molecule has 0 saturated carbocycles. The van der Waals surface area contributed by atoms with E-state index in [1.54, 1.807) is 0 Å². The SMILES string of the molecule is CC(C)CC1(C)NC(=N)N(CC2CCN(S(=O)(=O)c3ccc(O)cc3)CC2)C1=O. The number of benzene rings is 1. The van der Waals surface area contributed by atoms with Crippen molar-refractivity contribution in [2.45, 2.75) is 50.5 Å². The molecule has 2 aliphatic rings. The van der Waals surface area contributed by atoms with E-state index in [9.17, 15) is 18.3 Å². The van der Waals surface area contributed by atoms with Crippen LogP contribution < -0.4 is 5.32 Å². The monoisotopic (exact) mass is 422 g/mol. The maximum atomic E-state index is 12.9. The van der Waals surface area contributed by atoms with E-state index in [-0.39, 0.29) is 28.4 Å². The van der Waals surface area contributed by atoms with E-state index in [2.05, 4.69) is 19.2 Å². The Morgan fingerprint density at radius 1 is 1.24 bits per heavy atom. The van der Waals surface area contributed by atoms with Crippen molar-refractivity contribution in [2.75, 3.05) is 19.6 Å². The van der Waals surface area contributed by atoms with Crippen LogP contribution in [-0.2, 0) is 14.8 Å². The number of nitrogens with zero attached hydrogens (tertiary/aromatic N) is 2. The molecular formula is C20H30N4O4S. The smallest absolute Gasteiger partial charge is 0.254 e. The minimum Gasteiger partial charge on any atom is -0.508 e. The fourth-order valence-corrected chi connectivity index (χ4v) is 5.74. The molecule has 1 unspecified atom stereocenters. The Morgan fingerprint density at radius 2 is 1.83 bits per heavy atom. The van der Waals surface area contributed by atoms with Gasteiger partial charge in [0.15, 0.2) is 5.96 Å². The molecule has 8 nitrogen and oxygen atoms in total. The Bertz CT molecular complexity index is 876. The van der Waals surface area contributed by atoms with Gasteiger partial charge in [0.2, 0.25) is 10.0 Å². The first-order valence-corrected chi connectivity index (χ1v) is 11.4. The lowest BCUT2D eigenvalue weighted by Gasteiger charge is -2.33. The molecule has 160 valence electrons. The molecule has 2 fully saturated rings. The number of carbonyl (C=O) groups is 1. The number of hydrogen-bond acceptors (Lipinski definition) is 5. The Morgan fingerprint density at radius 3 is 2.38 bits per heavy atom. The average molecular weight is 423 g/mol. The first-order valence-electron chi connectivity index (χ1n) is 10.0. The van der Waals surface area contributed by atoms with E-state index in [0.717, 1.165) is 0 Å². The van der Waals surface area contributed by atoms with Crippen LogP contribution in [0.5, 0.6) is 5.75 Å². The van der Waals surface area contributed by atoms with Crippen molar-refractivity contribution < 1.29 is 18.3 Å². The highest BCUT2D eigenvalue weighted by Gasteiger charge is 2.46. The summed E-state index contributed by atoms with van der Waals surface area (Å²) in [6, 6.07) is 5.54. The zero-order chi connectivity index (χ0) is 21.4. The Labute approximate surface area is 172 Å². The van der Waals surface area contributed by atoms with Crippen molar-refractivity contribution in [1.29, 1.82) is 5.41 Å². The van der Waals surface area contributed by atoms with Crippen LogP contribution in [0.25, 0.3) is 0 Å². The molecule has 1 aromatic carbocycles. The van der Waals surface area contributed by atoms with Crippen molar-refractivity contribution in [3.8, 4) is 5.75 Å². The third-order valence-electron chi connectivity index (χ3n) is 5.69. The molecule has 9 heteroatoms. The second-order valence-corrected chi connectivity index (χ2v) is 10.6. The molecular weight excluding hydrogens is 392 g/mol. The average Bonchev–Trinajstić information content (AvgIpc) is 2.85. The number of nitrogens with one attached hydrogen (secondary N) is 2. The third kappa shape index (κ3) is 4.40. The van der Waals surface area contributed by atoms with E-state index < -0.39 is 15.6 Å². The number of sulfonamides is 1. The number of aromatic hydroxyl groups is 1. The highest BCUT2D eigenvalue weighted by Crippen LogP contribution is 2.29. The molecule has 3 N–H and O–H groups in total. The van der Waals surface area contributed by atoms with E-state index in [4.69, 9.17) is 5.41 Å². The van der Waals surface area contributed by atoms with Crippen LogP contribution in [0.1, 0.15) is 40.0 Å². The minimum atomic E-state index is -3.60. The van der Waals surface area contributed by atoms with Crippen molar-refractivity contribution in [1.82, 2.24) is 14.5 Å². The molecule has 0 radical (unpaired) electrons. The lowest BCUT2D eigenvalue weighted by atomic mass is 9.90. The van der Waals surface area contributed by atoms with Crippen molar-refractivity contribution in [3.05, 3.63) is 24.3 Å². The number of phenolic OH excluding ortho intramolecular Hbond substituents is 1. The standard InChI is InChI=1S/C20H30N4O4S/c1-14(2)12-20(3)18(26)24(19(21)22-20)13-15-8-10-23(11-9-15)29(27,28)17-6-4-16(25)5-7-17/h4-7,14-15,25H,8-13H2,1-3H3,(H2,21,22). The van der Waals surface area contributed by atoms with Gasteiger partial charge in [-0.25, -0.2) is 8.42 Å². The van der Waals surface area contributed by atoms with Gasteiger partial charge in [-0.15, -0.1) is 0 Å². The topological polar surface area (TPSA) is 114 Å². The first-order chi connectivity index (χ1) is 13.5. The molecule has 29 heavy (non-hydrogen) atoms. The molecule has 0 aromatic heterocycles. The van der Waals surface area contributed by atoms with E-state index in [0.29, 0.717) is 44.8 Å². The summed E-state index contributed by atoms with van der Waals surface area (Å²) in [6.45, 7) is 7.13. The van der Waals surface area contributed by atoms with Crippen LogP contribution >= 0.6 is 0 Å². The number of guanidine groups is 1. The van der Waals surface area contributed by atoms with E-state index in [1.165, 1.54) is 33.5 Å². The summed E-state index contributed by atoms with van der Waals surface area (Å²) >= 11 is 0. The third-order valence-corrected chi connectivity index (χ3v) is 7.60. The number of amides is 1. The van der Waals surface area contributed by atoms with E-state index >= 15 is 0 Å². The van der Waals surface area contributed by atoms with Crippen molar-refractivity contribution in [2.24, 2.45) is 11.8 Å². The fourth-order valence-electron chi connectivity index (χ4n) is 4.27. The van der Waals surface area contributed by atoms with Crippen LogP contribution in [0.4, 0.5) is 0 Å². The van der Waals surface area contributed by atoms with Crippen LogP contribution in [0, 0.1) is 17.2 Å². The van der Waals surface area contributed by atoms with Crippen molar-refractivity contribution in [3.63, 3.8) is 0 Å². The highest BCUT2D eigenvalue weighted by molar-refractivity contribution is 7.89. The normalized spacial score (nSPS) is 24.3. The lowest BCUT2D eigenvalue weighted by molar-refractivity contribution is -0.131. The van der Waals surface area contributed by atoms with Crippen LogP contribution in [0.2, 0.25) is 0 Å². The molecule has 1 amide bonds. The molecule has 2 heterocycles. The number of hydrogen-bond donors (Lipinski definition) is 3. The summed E-state index contributed by atoms with van der Waals surface area (Å²) in [5, 5.41) is 20.6. The Balaban J connectivity index is 1.61. The quantitative estimate of drug-likeness (QED) is 0.648. The van der Waals surface area contributed by atoms with Gasteiger partial charge in [-0.3, -0.25) is 15.1 Å². The molecule has 2 aliphatic heterocycles.